The van der Waals surface area contributed by atoms with E-state index in [4.69, 9.17) is 10.00 Å². The number of nitro benzene ring substituents is 1. The zero-order valence-electron chi connectivity index (χ0n) is 10.7. The molecule has 2 aromatic rings. The van der Waals surface area contributed by atoms with Crippen molar-refractivity contribution in [2.45, 2.75) is 0 Å². The largest absolute Gasteiger partial charge is 0.429 e. The summed E-state index contributed by atoms with van der Waals surface area (Å²) in [6.07, 6.45) is 2.84. The van der Waals surface area contributed by atoms with Gasteiger partial charge < -0.3 is 10.1 Å². The molecule has 0 spiro atoms. The number of hydrogen-bond acceptors (Lipinski definition) is 7. The summed E-state index contributed by atoms with van der Waals surface area (Å²) in [5.74, 6) is 0.619. The fraction of sp³-hybridized carbons (Fsp3) is 0.0833. The highest BCUT2D eigenvalue weighted by Crippen LogP contribution is 2.36. The van der Waals surface area contributed by atoms with Crippen molar-refractivity contribution in [3.8, 4) is 17.7 Å². The Morgan fingerprint density at radius 3 is 2.86 bits per heavy atom. The maximum atomic E-state index is 11.1. The van der Waals surface area contributed by atoms with Gasteiger partial charge in [-0.25, -0.2) is 0 Å². The van der Waals surface area contributed by atoms with Crippen molar-refractivity contribution in [3.05, 3.63) is 43.8 Å². The number of rotatable bonds is 4. The molecule has 1 aromatic carbocycles. The number of nitrogens with zero attached hydrogens (tertiary/aromatic N) is 4. The van der Waals surface area contributed by atoms with Gasteiger partial charge in [-0.2, -0.15) is 10.2 Å². The molecule has 0 unspecified atom stereocenters. The molecule has 0 aliphatic rings. The highest BCUT2D eigenvalue weighted by molar-refractivity contribution is 14.1. The molecule has 1 aromatic heterocycles. The van der Waals surface area contributed by atoms with E-state index in [0.717, 1.165) is 6.07 Å². The molecule has 9 heteroatoms. The standard InChI is InChI=1S/C12H8IN5O3/c1-15-10-5-16-6-11(17-10)21-12-8(13)2-7(4-14)3-9(12)18(19)20/h2-3,5-6H,1H3,(H,15,17). The predicted molar refractivity (Wildman–Crippen MR) is 82.2 cm³/mol. The maximum Gasteiger partial charge on any atom is 0.314 e. The Hall–Kier alpha value is -2.48. The van der Waals surface area contributed by atoms with Gasteiger partial charge >= 0.3 is 5.69 Å². The molecule has 106 valence electrons. The fourth-order valence-corrected chi connectivity index (χ4v) is 2.22. The van der Waals surface area contributed by atoms with E-state index >= 15 is 0 Å². The van der Waals surface area contributed by atoms with E-state index in [-0.39, 0.29) is 22.9 Å². The molecule has 1 heterocycles. The summed E-state index contributed by atoms with van der Waals surface area (Å²) in [7, 11) is 1.67. The smallest absolute Gasteiger partial charge is 0.314 e. The van der Waals surface area contributed by atoms with Crippen LogP contribution in [0.25, 0.3) is 0 Å². The Morgan fingerprint density at radius 1 is 1.48 bits per heavy atom. The van der Waals surface area contributed by atoms with E-state index in [1.165, 1.54) is 18.5 Å². The zero-order chi connectivity index (χ0) is 15.4. The highest BCUT2D eigenvalue weighted by atomic mass is 127. The predicted octanol–water partition coefficient (Wildman–Crippen LogP) is 2.70. The third kappa shape index (κ3) is 3.34. The SMILES string of the molecule is CNc1cncc(Oc2c(I)cc(C#N)cc2[N+](=O)[O-])n1. The minimum absolute atomic E-state index is 0.0298. The van der Waals surface area contributed by atoms with Crippen LogP contribution in [0.1, 0.15) is 5.56 Å². The fourth-order valence-electron chi connectivity index (χ4n) is 1.50. The molecule has 0 aliphatic heterocycles. The van der Waals surface area contributed by atoms with Gasteiger partial charge in [-0.15, -0.1) is 0 Å². The van der Waals surface area contributed by atoms with Crippen molar-refractivity contribution in [2.75, 3.05) is 12.4 Å². The first kappa shape index (κ1) is 14.9. The molecule has 0 saturated heterocycles. The molecule has 0 fully saturated rings. The third-order valence-electron chi connectivity index (χ3n) is 2.43. The van der Waals surface area contributed by atoms with E-state index in [2.05, 4.69) is 15.3 Å². The molecule has 21 heavy (non-hydrogen) atoms. The molecule has 0 radical (unpaired) electrons. The van der Waals surface area contributed by atoms with Gasteiger partial charge in [-0.3, -0.25) is 15.1 Å². The van der Waals surface area contributed by atoms with Crippen LogP contribution in [0, 0.1) is 25.0 Å². The number of nitro groups is 1. The quantitative estimate of drug-likeness (QED) is 0.479. The van der Waals surface area contributed by atoms with Crippen molar-refractivity contribution in [3.63, 3.8) is 0 Å². The van der Waals surface area contributed by atoms with E-state index in [9.17, 15) is 10.1 Å². The molecule has 0 aliphatic carbocycles. The van der Waals surface area contributed by atoms with Crippen molar-refractivity contribution in [1.82, 2.24) is 9.97 Å². The average molecular weight is 397 g/mol. The molecule has 2 rings (SSSR count). The van der Waals surface area contributed by atoms with Crippen molar-refractivity contribution < 1.29 is 9.66 Å². The summed E-state index contributed by atoms with van der Waals surface area (Å²) in [4.78, 5) is 18.5. The molecule has 0 bridgehead atoms. The lowest BCUT2D eigenvalue weighted by atomic mass is 10.2. The van der Waals surface area contributed by atoms with Gasteiger partial charge in [0.25, 0.3) is 0 Å². The Labute approximate surface area is 133 Å². The Bertz CT molecular complexity index is 744. The summed E-state index contributed by atoms with van der Waals surface area (Å²) in [6, 6.07) is 4.53. The number of benzene rings is 1. The van der Waals surface area contributed by atoms with Gasteiger partial charge in [0.2, 0.25) is 11.6 Å². The van der Waals surface area contributed by atoms with Crippen molar-refractivity contribution >= 4 is 34.1 Å². The summed E-state index contributed by atoms with van der Waals surface area (Å²) < 4.78 is 5.91. The number of hydrogen-bond donors (Lipinski definition) is 1. The maximum absolute atomic E-state index is 11.1. The second-order valence-corrected chi connectivity index (χ2v) is 4.93. The lowest BCUT2D eigenvalue weighted by Gasteiger charge is -2.08. The zero-order valence-corrected chi connectivity index (χ0v) is 12.9. The Balaban J connectivity index is 2.48. The van der Waals surface area contributed by atoms with Crippen LogP contribution in [-0.4, -0.2) is 21.9 Å². The van der Waals surface area contributed by atoms with E-state index < -0.39 is 4.92 Å². The second-order valence-electron chi connectivity index (χ2n) is 3.77. The van der Waals surface area contributed by atoms with Crippen LogP contribution in [0.15, 0.2) is 24.5 Å². The highest BCUT2D eigenvalue weighted by Gasteiger charge is 2.21. The van der Waals surface area contributed by atoms with Crippen LogP contribution in [0.3, 0.4) is 0 Å². The van der Waals surface area contributed by atoms with Gasteiger partial charge in [0.05, 0.1) is 32.5 Å². The molecule has 0 atom stereocenters. The monoisotopic (exact) mass is 397 g/mol. The summed E-state index contributed by atoms with van der Waals surface area (Å²) in [6.45, 7) is 0. The minimum Gasteiger partial charge on any atom is -0.429 e. The molecule has 0 amide bonds. The number of nitrogens with one attached hydrogen (secondary N) is 1. The lowest BCUT2D eigenvalue weighted by molar-refractivity contribution is -0.385. The van der Waals surface area contributed by atoms with Gasteiger partial charge in [0.1, 0.15) is 5.82 Å². The van der Waals surface area contributed by atoms with E-state index in [1.807, 2.05) is 28.7 Å². The number of ether oxygens (including phenoxy) is 1. The topological polar surface area (TPSA) is 114 Å². The summed E-state index contributed by atoms with van der Waals surface area (Å²) in [5, 5.41) is 22.8. The lowest BCUT2D eigenvalue weighted by Crippen LogP contribution is -2.00. The van der Waals surface area contributed by atoms with Crippen LogP contribution in [0.5, 0.6) is 11.6 Å². The number of nitriles is 1. The van der Waals surface area contributed by atoms with Crippen molar-refractivity contribution in [2.24, 2.45) is 0 Å². The van der Waals surface area contributed by atoms with Crippen LogP contribution in [-0.2, 0) is 0 Å². The van der Waals surface area contributed by atoms with Crippen molar-refractivity contribution in [1.29, 1.82) is 5.26 Å². The van der Waals surface area contributed by atoms with Crippen LogP contribution in [0.2, 0.25) is 0 Å². The number of anilines is 1. The molecule has 8 nitrogen and oxygen atoms in total. The van der Waals surface area contributed by atoms with Crippen LogP contribution < -0.4 is 10.1 Å². The summed E-state index contributed by atoms with van der Waals surface area (Å²) >= 11 is 1.87. The van der Waals surface area contributed by atoms with E-state index in [1.54, 1.807) is 7.05 Å². The number of aromatic nitrogens is 2. The van der Waals surface area contributed by atoms with E-state index in [0.29, 0.717) is 9.39 Å². The van der Waals surface area contributed by atoms with Crippen LogP contribution in [0.4, 0.5) is 11.5 Å². The minimum atomic E-state index is -0.603. The molecular weight excluding hydrogens is 389 g/mol. The normalized spacial score (nSPS) is 9.76. The summed E-state index contributed by atoms with van der Waals surface area (Å²) in [5.41, 5.74) is -0.108. The Kier molecular flexibility index (Phi) is 4.49. The van der Waals surface area contributed by atoms with Gasteiger partial charge in [0, 0.05) is 13.1 Å². The molecular formula is C12H8IN5O3. The van der Waals surface area contributed by atoms with Gasteiger partial charge in [-0.1, -0.05) is 0 Å². The third-order valence-corrected chi connectivity index (χ3v) is 3.23. The number of halogens is 1. The molecule has 1 N–H and O–H groups in total. The van der Waals surface area contributed by atoms with Gasteiger partial charge in [0.15, 0.2) is 0 Å². The van der Waals surface area contributed by atoms with Gasteiger partial charge in [-0.05, 0) is 28.7 Å². The van der Waals surface area contributed by atoms with Crippen LogP contribution >= 0.6 is 22.6 Å². The average Bonchev–Trinajstić information content (AvgIpc) is 2.49. The molecule has 0 saturated carbocycles. The first-order valence-corrected chi connectivity index (χ1v) is 6.68. The first-order valence-electron chi connectivity index (χ1n) is 5.61. The second kappa shape index (κ2) is 6.31. The first-order chi connectivity index (χ1) is 10.0. The Morgan fingerprint density at radius 2 is 2.24 bits per heavy atom.